The molecule has 0 fully saturated rings. The Labute approximate surface area is 198 Å². The van der Waals surface area contributed by atoms with Crippen LogP contribution in [-0.4, -0.2) is 40.9 Å². The molecule has 0 bridgehead atoms. The molecule has 0 spiro atoms. The summed E-state index contributed by atoms with van der Waals surface area (Å²) in [6.45, 7) is 4.37. The summed E-state index contributed by atoms with van der Waals surface area (Å²) in [6, 6.07) is 19.3. The minimum Gasteiger partial charge on any atom is -0.497 e. The quantitative estimate of drug-likeness (QED) is 0.360. The van der Waals surface area contributed by atoms with Crippen molar-refractivity contribution < 1.29 is 9.47 Å². The minimum absolute atomic E-state index is 0.314. The maximum Gasteiger partial charge on any atom is 0.178 e. The molecule has 0 aliphatic carbocycles. The highest BCUT2D eigenvalue weighted by atomic mass is 16.5. The molecule has 0 radical (unpaired) electrons. The summed E-state index contributed by atoms with van der Waals surface area (Å²) in [6.07, 6.45) is 0. The van der Waals surface area contributed by atoms with Crippen molar-refractivity contribution in [2.24, 2.45) is 5.73 Å². The van der Waals surface area contributed by atoms with E-state index in [1.54, 1.807) is 36.9 Å². The van der Waals surface area contributed by atoms with Gasteiger partial charge in [-0.1, -0.05) is 30.3 Å². The molecule has 4 aromatic rings. The number of benzene rings is 2. The SMILES string of the molecule is COc1cc(Nc2nn3c(NCC(C)(C)N)cc(-c4ccccc4)nc3c2C#N)cc(OC)c1. The number of nitriles is 1. The highest BCUT2D eigenvalue weighted by molar-refractivity contribution is 5.77. The third-order valence-electron chi connectivity index (χ3n) is 5.11. The van der Waals surface area contributed by atoms with Gasteiger partial charge in [0, 0.05) is 47.6 Å². The van der Waals surface area contributed by atoms with Gasteiger partial charge in [-0.2, -0.15) is 9.78 Å². The highest BCUT2D eigenvalue weighted by Gasteiger charge is 2.20. The molecule has 0 saturated heterocycles. The number of hydrogen-bond acceptors (Lipinski definition) is 8. The van der Waals surface area contributed by atoms with Gasteiger partial charge in [0.15, 0.2) is 11.5 Å². The van der Waals surface area contributed by atoms with Gasteiger partial charge in [0.25, 0.3) is 0 Å². The number of nitrogens with zero attached hydrogens (tertiary/aromatic N) is 4. The standard InChI is InChI=1S/C25H27N7O2/c1-25(2,27)15-28-22-13-21(16-8-6-5-7-9-16)30-24-20(14-26)23(31-32(22)24)29-17-10-18(33-3)12-19(11-17)34-4/h5-13,28H,15,27H2,1-4H3,(H,29,31). The Kier molecular flexibility index (Phi) is 6.25. The van der Waals surface area contributed by atoms with E-state index in [2.05, 4.69) is 21.8 Å². The van der Waals surface area contributed by atoms with Crippen LogP contribution in [0, 0.1) is 11.3 Å². The Bertz CT molecular complexity index is 1330. The largest absolute Gasteiger partial charge is 0.497 e. The van der Waals surface area contributed by atoms with E-state index in [-0.39, 0.29) is 0 Å². The zero-order valence-corrected chi connectivity index (χ0v) is 19.6. The fourth-order valence-electron chi connectivity index (χ4n) is 3.43. The van der Waals surface area contributed by atoms with Gasteiger partial charge in [-0.15, -0.1) is 5.10 Å². The summed E-state index contributed by atoms with van der Waals surface area (Å²) in [4.78, 5) is 4.77. The van der Waals surface area contributed by atoms with Crippen molar-refractivity contribution >= 4 is 23.0 Å². The van der Waals surface area contributed by atoms with Crippen LogP contribution in [-0.2, 0) is 0 Å². The molecule has 34 heavy (non-hydrogen) atoms. The molecular formula is C25H27N7O2. The van der Waals surface area contributed by atoms with Crippen molar-refractivity contribution in [2.45, 2.75) is 19.4 Å². The third kappa shape index (κ3) is 4.87. The molecule has 0 aliphatic heterocycles. The summed E-state index contributed by atoms with van der Waals surface area (Å²) in [5.74, 6) is 2.27. The zero-order chi connectivity index (χ0) is 24.3. The highest BCUT2D eigenvalue weighted by Crippen LogP contribution is 2.31. The lowest BCUT2D eigenvalue weighted by molar-refractivity contribution is 0.395. The van der Waals surface area contributed by atoms with Crippen molar-refractivity contribution in [3.63, 3.8) is 0 Å². The van der Waals surface area contributed by atoms with Crippen molar-refractivity contribution in [1.29, 1.82) is 5.26 Å². The summed E-state index contributed by atoms with van der Waals surface area (Å²) >= 11 is 0. The van der Waals surface area contributed by atoms with Crippen LogP contribution in [0.5, 0.6) is 11.5 Å². The van der Waals surface area contributed by atoms with Crippen LogP contribution in [0.25, 0.3) is 16.9 Å². The molecule has 174 valence electrons. The first-order valence-corrected chi connectivity index (χ1v) is 10.7. The number of methoxy groups -OCH3 is 2. The molecular weight excluding hydrogens is 430 g/mol. The smallest absolute Gasteiger partial charge is 0.178 e. The van der Waals surface area contributed by atoms with E-state index in [9.17, 15) is 5.26 Å². The van der Waals surface area contributed by atoms with Crippen LogP contribution >= 0.6 is 0 Å². The number of nitrogens with one attached hydrogen (secondary N) is 2. The molecule has 4 rings (SSSR count). The Morgan fingerprint density at radius 1 is 1.06 bits per heavy atom. The van der Waals surface area contributed by atoms with Crippen molar-refractivity contribution in [1.82, 2.24) is 14.6 Å². The molecule has 2 aromatic heterocycles. The predicted octanol–water partition coefficient (Wildman–Crippen LogP) is 4.18. The van der Waals surface area contributed by atoms with E-state index in [4.69, 9.17) is 20.2 Å². The van der Waals surface area contributed by atoms with Crippen LogP contribution in [0.2, 0.25) is 0 Å². The number of nitrogens with two attached hydrogens (primary N) is 1. The van der Waals surface area contributed by atoms with Gasteiger partial charge in [-0.05, 0) is 13.8 Å². The number of aromatic nitrogens is 3. The maximum atomic E-state index is 10.0. The number of rotatable bonds is 8. The van der Waals surface area contributed by atoms with Crippen LogP contribution in [0.3, 0.4) is 0 Å². The molecule has 2 heterocycles. The molecule has 0 unspecified atom stereocenters. The predicted molar refractivity (Wildman–Crippen MR) is 133 cm³/mol. The van der Waals surface area contributed by atoms with Gasteiger partial charge in [-0.3, -0.25) is 0 Å². The van der Waals surface area contributed by atoms with Crippen LogP contribution < -0.4 is 25.8 Å². The summed E-state index contributed by atoms with van der Waals surface area (Å²) in [7, 11) is 3.16. The molecule has 0 amide bonds. The number of anilines is 3. The van der Waals surface area contributed by atoms with Crippen LogP contribution in [0.15, 0.2) is 54.6 Å². The Hall–Kier alpha value is -4.29. The fourth-order valence-corrected chi connectivity index (χ4v) is 3.43. The molecule has 4 N–H and O–H groups in total. The van der Waals surface area contributed by atoms with Gasteiger partial charge in [-0.25, -0.2) is 4.98 Å². The van der Waals surface area contributed by atoms with Gasteiger partial charge >= 0.3 is 0 Å². The maximum absolute atomic E-state index is 10.0. The lowest BCUT2D eigenvalue weighted by atomic mass is 10.1. The molecule has 9 nitrogen and oxygen atoms in total. The molecule has 0 saturated carbocycles. The van der Waals surface area contributed by atoms with Crippen LogP contribution in [0.4, 0.5) is 17.3 Å². The normalized spacial score (nSPS) is 11.2. The lowest BCUT2D eigenvalue weighted by Gasteiger charge is -2.20. The number of fused-ring (bicyclic) bond motifs is 1. The lowest BCUT2D eigenvalue weighted by Crippen LogP contribution is -2.40. The minimum atomic E-state index is -0.452. The Morgan fingerprint density at radius 2 is 1.74 bits per heavy atom. The second kappa shape index (κ2) is 9.29. The zero-order valence-electron chi connectivity index (χ0n) is 19.6. The average Bonchev–Trinajstić information content (AvgIpc) is 3.19. The van der Waals surface area contributed by atoms with Crippen molar-refractivity contribution in [3.8, 4) is 28.8 Å². The van der Waals surface area contributed by atoms with E-state index >= 15 is 0 Å². The van der Waals surface area contributed by atoms with Gasteiger partial charge in [0.05, 0.1) is 19.9 Å². The van der Waals surface area contributed by atoms with Gasteiger partial charge in [0.2, 0.25) is 0 Å². The Balaban J connectivity index is 1.85. The Morgan fingerprint density at radius 3 is 2.32 bits per heavy atom. The summed E-state index contributed by atoms with van der Waals surface area (Å²) in [5, 5.41) is 21.3. The van der Waals surface area contributed by atoms with Crippen LogP contribution in [0.1, 0.15) is 19.4 Å². The van der Waals surface area contributed by atoms with E-state index in [1.165, 1.54) is 0 Å². The first kappa shape index (κ1) is 22.9. The third-order valence-corrected chi connectivity index (χ3v) is 5.11. The van der Waals surface area contributed by atoms with Crippen molar-refractivity contribution in [2.75, 3.05) is 31.4 Å². The van der Waals surface area contributed by atoms with E-state index < -0.39 is 5.54 Å². The first-order valence-electron chi connectivity index (χ1n) is 10.7. The van der Waals surface area contributed by atoms with E-state index in [1.807, 2.05) is 50.2 Å². The molecule has 9 heteroatoms. The molecule has 0 atom stereocenters. The number of hydrogen-bond donors (Lipinski definition) is 3. The van der Waals surface area contributed by atoms with E-state index in [0.29, 0.717) is 46.6 Å². The second-order valence-electron chi connectivity index (χ2n) is 8.53. The summed E-state index contributed by atoms with van der Waals surface area (Å²) in [5.41, 5.74) is 8.80. The number of ether oxygens (including phenoxy) is 2. The molecule has 2 aromatic carbocycles. The fraction of sp³-hybridized carbons (Fsp3) is 0.240. The van der Waals surface area contributed by atoms with Gasteiger partial charge in [0.1, 0.15) is 28.9 Å². The van der Waals surface area contributed by atoms with Crippen molar-refractivity contribution in [3.05, 3.63) is 60.2 Å². The van der Waals surface area contributed by atoms with E-state index in [0.717, 1.165) is 11.3 Å². The first-order chi connectivity index (χ1) is 16.3. The topological polar surface area (TPSA) is 123 Å². The summed E-state index contributed by atoms with van der Waals surface area (Å²) < 4.78 is 12.3. The molecule has 0 aliphatic rings. The second-order valence-corrected chi connectivity index (χ2v) is 8.53. The average molecular weight is 458 g/mol. The van der Waals surface area contributed by atoms with Gasteiger partial charge < -0.3 is 25.8 Å². The monoisotopic (exact) mass is 457 g/mol.